The van der Waals surface area contributed by atoms with Gasteiger partial charge in [-0.3, -0.25) is 9.69 Å². The van der Waals surface area contributed by atoms with Crippen LogP contribution in [0.25, 0.3) is 0 Å². The largest absolute Gasteiger partial charge is 0.493 e. The maximum absolute atomic E-state index is 10.7. The minimum absolute atomic E-state index is 0.586. The summed E-state index contributed by atoms with van der Waals surface area (Å²) < 4.78 is 16.3. The predicted octanol–water partition coefficient (Wildman–Crippen LogP) is 1.61. The molecule has 1 aromatic rings. The van der Waals surface area contributed by atoms with E-state index >= 15 is 0 Å². The third-order valence-corrected chi connectivity index (χ3v) is 3.30. The molecule has 0 amide bonds. The normalized spacial score (nSPS) is 15.8. The summed E-state index contributed by atoms with van der Waals surface area (Å²) in [5.41, 5.74) is 0.586. The van der Waals surface area contributed by atoms with Crippen LogP contribution in [0.15, 0.2) is 18.2 Å². The molecule has 1 fully saturated rings. The molecule has 0 N–H and O–H groups in total. The number of benzene rings is 1. The van der Waals surface area contributed by atoms with Crippen LogP contribution in [0.2, 0.25) is 0 Å². The zero-order chi connectivity index (χ0) is 14.2. The van der Waals surface area contributed by atoms with E-state index in [1.165, 1.54) is 0 Å². The maximum atomic E-state index is 10.7. The Morgan fingerprint density at radius 3 is 2.80 bits per heavy atom. The molecular formula is C15H21NO4. The van der Waals surface area contributed by atoms with Gasteiger partial charge in [-0.25, -0.2) is 0 Å². The Morgan fingerprint density at radius 2 is 2.10 bits per heavy atom. The molecule has 1 aromatic carbocycles. The van der Waals surface area contributed by atoms with E-state index in [0.29, 0.717) is 23.7 Å². The number of carbonyl (C=O) groups excluding carboxylic acids is 1. The van der Waals surface area contributed by atoms with E-state index in [2.05, 4.69) is 4.90 Å². The first-order valence-electron chi connectivity index (χ1n) is 6.89. The van der Waals surface area contributed by atoms with Crippen LogP contribution in [0.4, 0.5) is 0 Å². The number of hydrogen-bond donors (Lipinski definition) is 0. The molecule has 0 unspecified atom stereocenters. The summed E-state index contributed by atoms with van der Waals surface area (Å²) in [6, 6.07) is 5.19. The highest BCUT2D eigenvalue weighted by atomic mass is 16.5. The van der Waals surface area contributed by atoms with Crippen molar-refractivity contribution in [3.05, 3.63) is 23.8 Å². The second kappa shape index (κ2) is 7.87. The lowest BCUT2D eigenvalue weighted by atomic mass is 10.2. The highest BCUT2D eigenvalue weighted by Gasteiger charge is 2.10. The van der Waals surface area contributed by atoms with Crippen molar-refractivity contribution in [3.63, 3.8) is 0 Å². The topological polar surface area (TPSA) is 48.0 Å². The van der Waals surface area contributed by atoms with Crippen molar-refractivity contribution >= 4 is 6.29 Å². The zero-order valence-electron chi connectivity index (χ0n) is 11.8. The van der Waals surface area contributed by atoms with Crippen LogP contribution in [0, 0.1) is 0 Å². The SMILES string of the molecule is COc1cc(C=O)ccc1OCCCN1CCOCC1. The lowest BCUT2D eigenvalue weighted by Crippen LogP contribution is -2.37. The Kier molecular flexibility index (Phi) is 5.83. The van der Waals surface area contributed by atoms with Crippen LogP contribution in [0.3, 0.4) is 0 Å². The van der Waals surface area contributed by atoms with Gasteiger partial charge in [0, 0.05) is 25.2 Å². The summed E-state index contributed by atoms with van der Waals surface area (Å²) in [4.78, 5) is 13.1. The molecule has 0 aromatic heterocycles. The summed E-state index contributed by atoms with van der Waals surface area (Å²) in [6.07, 6.45) is 1.75. The van der Waals surface area contributed by atoms with Crippen molar-refractivity contribution in [1.82, 2.24) is 4.90 Å². The molecule has 1 aliphatic rings. The second-order valence-corrected chi connectivity index (χ2v) is 4.68. The third kappa shape index (κ3) is 4.21. The van der Waals surface area contributed by atoms with E-state index < -0.39 is 0 Å². The van der Waals surface area contributed by atoms with Crippen LogP contribution in [0.5, 0.6) is 11.5 Å². The molecule has 1 heterocycles. The van der Waals surface area contributed by atoms with E-state index in [1.807, 2.05) is 0 Å². The van der Waals surface area contributed by atoms with Gasteiger partial charge in [0.05, 0.1) is 26.9 Å². The molecular weight excluding hydrogens is 258 g/mol. The summed E-state index contributed by atoms with van der Waals surface area (Å²) >= 11 is 0. The van der Waals surface area contributed by atoms with Gasteiger partial charge in [-0.1, -0.05) is 0 Å². The molecule has 1 saturated heterocycles. The molecule has 0 aliphatic carbocycles. The number of carbonyl (C=O) groups is 1. The molecule has 0 atom stereocenters. The molecule has 5 heteroatoms. The Bertz CT molecular complexity index is 430. The number of morpholine rings is 1. The van der Waals surface area contributed by atoms with Gasteiger partial charge in [-0.15, -0.1) is 0 Å². The molecule has 20 heavy (non-hydrogen) atoms. The van der Waals surface area contributed by atoms with Crippen LogP contribution < -0.4 is 9.47 Å². The van der Waals surface area contributed by atoms with Gasteiger partial charge in [0.1, 0.15) is 6.29 Å². The van der Waals surface area contributed by atoms with Crippen molar-refractivity contribution in [3.8, 4) is 11.5 Å². The van der Waals surface area contributed by atoms with Crippen molar-refractivity contribution in [2.45, 2.75) is 6.42 Å². The van der Waals surface area contributed by atoms with Crippen LogP contribution in [-0.2, 0) is 4.74 Å². The minimum Gasteiger partial charge on any atom is -0.493 e. The maximum Gasteiger partial charge on any atom is 0.161 e. The minimum atomic E-state index is 0.586. The number of methoxy groups -OCH3 is 1. The molecule has 0 saturated carbocycles. The van der Waals surface area contributed by atoms with Gasteiger partial charge in [0.25, 0.3) is 0 Å². The van der Waals surface area contributed by atoms with Crippen LogP contribution in [-0.4, -0.2) is 57.8 Å². The Labute approximate surface area is 119 Å². The van der Waals surface area contributed by atoms with E-state index in [0.717, 1.165) is 45.6 Å². The van der Waals surface area contributed by atoms with Gasteiger partial charge in [0.15, 0.2) is 11.5 Å². The lowest BCUT2D eigenvalue weighted by Gasteiger charge is -2.26. The monoisotopic (exact) mass is 279 g/mol. The van der Waals surface area contributed by atoms with Gasteiger partial charge in [0.2, 0.25) is 0 Å². The van der Waals surface area contributed by atoms with E-state index in [4.69, 9.17) is 14.2 Å². The third-order valence-electron chi connectivity index (χ3n) is 3.30. The quantitative estimate of drug-likeness (QED) is 0.560. The first kappa shape index (κ1) is 14.8. The fourth-order valence-corrected chi connectivity index (χ4v) is 2.17. The van der Waals surface area contributed by atoms with Gasteiger partial charge >= 0.3 is 0 Å². The Balaban J connectivity index is 1.77. The van der Waals surface area contributed by atoms with Crippen LogP contribution >= 0.6 is 0 Å². The van der Waals surface area contributed by atoms with Gasteiger partial charge in [-0.2, -0.15) is 0 Å². The fraction of sp³-hybridized carbons (Fsp3) is 0.533. The van der Waals surface area contributed by atoms with E-state index in [-0.39, 0.29) is 0 Å². The summed E-state index contributed by atoms with van der Waals surface area (Å²) in [6.45, 7) is 5.28. The van der Waals surface area contributed by atoms with Crippen molar-refractivity contribution in [1.29, 1.82) is 0 Å². The molecule has 5 nitrogen and oxygen atoms in total. The van der Waals surface area contributed by atoms with Crippen molar-refractivity contribution < 1.29 is 19.0 Å². The van der Waals surface area contributed by atoms with Gasteiger partial charge < -0.3 is 14.2 Å². The average molecular weight is 279 g/mol. The molecule has 0 radical (unpaired) electrons. The summed E-state index contributed by atoms with van der Waals surface area (Å²) in [5.74, 6) is 1.28. The predicted molar refractivity (Wildman–Crippen MR) is 75.8 cm³/mol. The number of aldehydes is 1. The molecule has 2 rings (SSSR count). The van der Waals surface area contributed by atoms with E-state index in [9.17, 15) is 4.79 Å². The molecule has 0 spiro atoms. The number of rotatable bonds is 7. The standard InChI is InChI=1S/C15H21NO4/c1-18-15-11-13(12-17)3-4-14(15)20-8-2-5-16-6-9-19-10-7-16/h3-4,11-12H,2,5-10H2,1H3. The highest BCUT2D eigenvalue weighted by Crippen LogP contribution is 2.27. The molecule has 110 valence electrons. The smallest absolute Gasteiger partial charge is 0.161 e. The second-order valence-electron chi connectivity index (χ2n) is 4.68. The summed E-state index contributed by atoms with van der Waals surface area (Å²) in [7, 11) is 1.57. The number of ether oxygens (including phenoxy) is 3. The van der Waals surface area contributed by atoms with E-state index in [1.54, 1.807) is 25.3 Å². The van der Waals surface area contributed by atoms with Crippen molar-refractivity contribution in [2.24, 2.45) is 0 Å². The zero-order valence-corrected chi connectivity index (χ0v) is 11.8. The summed E-state index contributed by atoms with van der Waals surface area (Å²) in [5, 5.41) is 0. The lowest BCUT2D eigenvalue weighted by molar-refractivity contribution is 0.0357. The average Bonchev–Trinajstić information content (AvgIpc) is 2.52. The first-order valence-corrected chi connectivity index (χ1v) is 6.89. The molecule has 1 aliphatic heterocycles. The van der Waals surface area contributed by atoms with Crippen molar-refractivity contribution in [2.75, 3.05) is 46.6 Å². The molecule has 0 bridgehead atoms. The highest BCUT2D eigenvalue weighted by molar-refractivity contribution is 5.76. The number of hydrogen-bond acceptors (Lipinski definition) is 5. The van der Waals surface area contributed by atoms with Gasteiger partial charge in [-0.05, 0) is 24.6 Å². The number of nitrogens with zero attached hydrogens (tertiary/aromatic N) is 1. The Morgan fingerprint density at radius 1 is 1.30 bits per heavy atom. The van der Waals surface area contributed by atoms with Crippen LogP contribution in [0.1, 0.15) is 16.8 Å². The fourth-order valence-electron chi connectivity index (χ4n) is 2.17. The Hall–Kier alpha value is -1.59. The first-order chi connectivity index (χ1) is 9.83.